The van der Waals surface area contributed by atoms with E-state index in [1.807, 2.05) is 13.0 Å². The van der Waals surface area contributed by atoms with Crippen molar-refractivity contribution < 1.29 is 9.90 Å². The van der Waals surface area contributed by atoms with Gasteiger partial charge < -0.3 is 5.11 Å². The molecule has 0 heterocycles. The van der Waals surface area contributed by atoms with Crippen molar-refractivity contribution in [2.75, 3.05) is 0 Å². The minimum atomic E-state index is -0.746. The molecule has 0 atom stereocenters. The Kier molecular flexibility index (Phi) is 7.39. The van der Waals surface area contributed by atoms with E-state index < -0.39 is 5.97 Å². The van der Waals surface area contributed by atoms with Crippen LogP contribution in [0, 0.1) is 23.2 Å². The number of hydrogen-bond donors (Lipinski definition) is 1. The summed E-state index contributed by atoms with van der Waals surface area (Å²) in [7, 11) is 0. The lowest BCUT2D eigenvalue weighted by Crippen LogP contribution is -2.33. The average molecular weight is 268 g/mol. The Bertz CT molecular complexity index is 285. The van der Waals surface area contributed by atoms with Crippen LogP contribution in [0.5, 0.6) is 0 Å². The molecule has 0 fully saturated rings. The topological polar surface area (TPSA) is 37.3 Å². The summed E-state index contributed by atoms with van der Waals surface area (Å²) < 4.78 is 0. The SMILES string of the molecule is CC=C(C(=O)O)C(CC(C)C)(CC(C)C)CC(C)C. The van der Waals surface area contributed by atoms with E-state index in [9.17, 15) is 9.90 Å². The molecule has 0 unspecified atom stereocenters. The molecule has 0 aromatic rings. The first kappa shape index (κ1) is 18.2. The van der Waals surface area contributed by atoms with Gasteiger partial charge in [0.1, 0.15) is 0 Å². The summed E-state index contributed by atoms with van der Waals surface area (Å²) in [5.74, 6) is 0.773. The summed E-state index contributed by atoms with van der Waals surface area (Å²) in [6.45, 7) is 15.0. The quantitative estimate of drug-likeness (QED) is 0.619. The summed E-state index contributed by atoms with van der Waals surface area (Å²) in [6.07, 6.45) is 4.68. The monoisotopic (exact) mass is 268 g/mol. The highest BCUT2D eigenvalue weighted by Crippen LogP contribution is 2.45. The van der Waals surface area contributed by atoms with Crippen molar-refractivity contribution >= 4 is 5.97 Å². The largest absolute Gasteiger partial charge is 0.478 e. The number of carboxylic acid groups (broad SMARTS) is 1. The number of hydrogen-bond acceptors (Lipinski definition) is 1. The molecule has 0 saturated carbocycles. The molecule has 0 aromatic heterocycles. The Labute approximate surface area is 119 Å². The molecule has 0 aromatic carbocycles. The van der Waals surface area contributed by atoms with Crippen LogP contribution in [0.25, 0.3) is 0 Å². The molecule has 0 amide bonds. The van der Waals surface area contributed by atoms with Gasteiger partial charge in [0.25, 0.3) is 0 Å². The zero-order chi connectivity index (χ0) is 15.2. The summed E-state index contributed by atoms with van der Waals surface area (Å²) in [5.41, 5.74) is 0.431. The summed E-state index contributed by atoms with van der Waals surface area (Å²) in [5, 5.41) is 9.58. The van der Waals surface area contributed by atoms with Gasteiger partial charge in [-0.2, -0.15) is 0 Å². The minimum Gasteiger partial charge on any atom is -0.478 e. The second-order valence-corrected chi connectivity index (χ2v) is 7.08. The molecule has 0 aliphatic carbocycles. The maximum atomic E-state index is 11.7. The van der Waals surface area contributed by atoms with Crippen molar-refractivity contribution in [2.24, 2.45) is 23.2 Å². The van der Waals surface area contributed by atoms with E-state index in [0.717, 1.165) is 19.3 Å². The molecule has 0 aliphatic heterocycles. The fraction of sp³-hybridized carbons (Fsp3) is 0.824. The highest BCUT2D eigenvalue weighted by atomic mass is 16.4. The van der Waals surface area contributed by atoms with Gasteiger partial charge in [-0.1, -0.05) is 47.6 Å². The zero-order valence-corrected chi connectivity index (χ0v) is 13.8. The minimum absolute atomic E-state index is 0.183. The molecule has 0 spiro atoms. The van der Waals surface area contributed by atoms with Crippen molar-refractivity contribution in [3.05, 3.63) is 11.6 Å². The Hall–Kier alpha value is -0.790. The van der Waals surface area contributed by atoms with Gasteiger partial charge in [-0.25, -0.2) is 4.79 Å². The first-order valence-corrected chi connectivity index (χ1v) is 7.54. The maximum Gasteiger partial charge on any atom is 0.331 e. The third kappa shape index (κ3) is 5.80. The van der Waals surface area contributed by atoms with Crippen molar-refractivity contribution in [3.8, 4) is 0 Å². The first-order valence-electron chi connectivity index (χ1n) is 7.54. The standard InChI is InChI=1S/C17H32O2/c1-8-15(16(18)19)17(9-12(2)3,10-13(4)5)11-14(6)7/h8,12-14H,9-11H2,1-7H3,(H,18,19). The van der Waals surface area contributed by atoms with Gasteiger partial charge >= 0.3 is 5.97 Å². The van der Waals surface area contributed by atoms with Crippen LogP contribution in [0.1, 0.15) is 67.7 Å². The second kappa shape index (κ2) is 7.72. The number of carboxylic acids is 1. The van der Waals surface area contributed by atoms with Crippen molar-refractivity contribution in [1.82, 2.24) is 0 Å². The lowest BCUT2D eigenvalue weighted by Gasteiger charge is -2.39. The van der Waals surface area contributed by atoms with E-state index in [1.54, 1.807) is 0 Å². The average Bonchev–Trinajstić information content (AvgIpc) is 2.12. The van der Waals surface area contributed by atoms with Crippen LogP contribution in [0.2, 0.25) is 0 Å². The summed E-state index contributed by atoms with van der Waals surface area (Å²) in [4.78, 5) is 11.7. The van der Waals surface area contributed by atoms with E-state index in [4.69, 9.17) is 0 Å². The van der Waals surface area contributed by atoms with Crippen molar-refractivity contribution in [2.45, 2.75) is 67.7 Å². The predicted octanol–water partition coefficient (Wildman–Crippen LogP) is 5.14. The molecular weight excluding hydrogens is 236 g/mol. The number of allylic oxidation sites excluding steroid dienone is 1. The molecular formula is C17H32O2. The van der Waals surface area contributed by atoms with E-state index >= 15 is 0 Å². The van der Waals surface area contributed by atoms with E-state index in [-0.39, 0.29) is 5.41 Å². The highest BCUT2D eigenvalue weighted by molar-refractivity contribution is 5.88. The summed E-state index contributed by atoms with van der Waals surface area (Å²) in [6, 6.07) is 0. The van der Waals surface area contributed by atoms with Gasteiger partial charge in [-0.05, 0) is 43.9 Å². The van der Waals surface area contributed by atoms with E-state index in [0.29, 0.717) is 23.3 Å². The molecule has 0 aliphatic rings. The summed E-state index contributed by atoms with van der Waals surface area (Å²) >= 11 is 0. The molecule has 0 bridgehead atoms. The molecule has 2 heteroatoms. The van der Waals surface area contributed by atoms with E-state index in [2.05, 4.69) is 41.5 Å². The Morgan fingerprint density at radius 1 is 0.947 bits per heavy atom. The Morgan fingerprint density at radius 3 is 1.42 bits per heavy atom. The van der Waals surface area contributed by atoms with Gasteiger partial charge in [0, 0.05) is 11.0 Å². The molecule has 112 valence electrons. The number of aliphatic carboxylic acids is 1. The predicted molar refractivity (Wildman–Crippen MR) is 82.2 cm³/mol. The lowest BCUT2D eigenvalue weighted by atomic mass is 9.65. The number of carbonyl (C=O) groups is 1. The van der Waals surface area contributed by atoms with Crippen LogP contribution in [0.3, 0.4) is 0 Å². The van der Waals surface area contributed by atoms with Gasteiger partial charge in [0.15, 0.2) is 0 Å². The van der Waals surface area contributed by atoms with Crippen LogP contribution in [-0.2, 0) is 4.79 Å². The molecule has 0 saturated heterocycles. The molecule has 0 rings (SSSR count). The molecule has 19 heavy (non-hydrogen) atoms. The van der Waals surface area contributed by atoms with Crippen LogP contribution >= 0.6 is 0 Å². The van der Waals surface area contributed by atoms with E-state index in [1.165, 1.54) is 0 Å². The molecule has 1 N–H and O–H groups in total. The lowest BCUT2D eigenvalue weighted by molar-refractivity contribution is -0.134. The number of rotatable bonds is 8. The van der Waals surface area contributed by atoms with Crippen LogP contribution in [0.4, 0.5) is 0 Å². The Balaban J connectivity index is 5.64. The van der Waals surface area contributed by atoms with Crippen molar-refractivity contribution in [1.29, 1.82) is 0 Å². The smallest absolute Gasteiger partial charge is 0.331 e. The van der Waals surface area contributed by atoms with Crippen LogP contribution in [0.15, 0.2) is 11.6 Å². The van der Waals surface area contributed by atoms with Crippen molar-refractivity contribution in [3.63, 3.8) is 0 Å². The van der Waals surface area contributed by atoms with Crippen LogP contribution in [-0.4, -0.2) is 11.1 Å². The zero-order valence-electron chi connectivity index (χ0n) is 13.8. The molecule has 2 nitrogen and oxygen atoms in total. The molecule has 0 radical (unpaired) electrons. The Morgan fingerprint density at radius 2 is 1.26 bits per heavy atom. The normalized spacial score (nSPS) is 13.7. The highest BCUT2D eigenvalue weighted by Gasteiger charge is 2.39. The third-order valence-corrected chi connectivity index (χ3v) is 3.49. The second-order valence-electron chi connectivity index (χ2n) is 7.08. The van der Waals surface area contributed by atoms with Gasteiger partial charge in [0.2, 0.25) is 0 Å². The first-order chi connectivity index (χ1) is 8.64. The van der Waals surface area contributed by atoms with Gasteiger partial charge in [0.05, 0.1) is 0 Å². The maximum absolute atomic E-state index is 11.7. The fourth-order valence-corrected chi connectivity index (χ4v) is 3.58. The third-order valence-electron chi connectivity index (χ3n) is 3.49. The van der Waals surface area contributed by atoms with Gasteiger partial charge in [-0.3, -0.25) is 0 Å². The van der Waals surface area contributed by atoms with Crippen LogP contribution < -0.4 is 0 Å². The van der Waals surface area contributed by atoms with Gasteiger partial charge in [-0.15, -0.1) is 0 Å². The fourth-order valence-electron chi connectivity index (χ4n) is 3.58.